The molecule has 0 atom stereocenters. The molecule has 10 aromatic carbocycles. The zero-order chi connectivity index (χ0) is 45.0. The predicted molar refractivity (Wildman–Crippen MR) is 279 cm³/mol. The van der Waals surface area contributed by atoms with Gasteiger partial charge in [-0.05, 0) is 109 Å². The van der Waals surface area contributed by atoms with E-state index in [-0.39, 0.29) is 0 Å². The van der Waals surface area contributed by atoms with Gasteiger partial charge in [-0.2, -0.15) is 10.5 Å². The average Bonchev–Trinajstić information content (AvgIpc) is 4.13. The van der Waals surface area contributed by atoms with Crippen molar-refractivity contribution in [1.82, 2.24) is 18.3 Å². The maximum Gasteiger partial charge on any atom is 0.0998 e. The van der Waals surface area contributed by atoms with Crippen molar-refractivity contribution in [3.8, 4) is 46.0 Å². The highest BCUT2D eigenvalue weighted by Crippen LogP contribution is 2.41. The van der Waals surface area contributed by atoms with E-state index in [1.807, 2.05) is 36.4 Å². The number of nitriles is 2. The fraction of sp³-hybridized carbons (Fsp3) is 0. The number of nitrogens with zero attached hydrogens (tertiary/aromatic N) is 6. The summed E-state index contributed by atoms with van der Waals surface area (Å²) < 4.78 is 9.34. The van der Waals surface area contributed by atoms with Gasteiger partial charge in [0, 0.05) is 71.4 Å². The molecule has 0 saturated heterocycles. The Morgan fingerprint density at radius 2 is 0.647 bits per heavy atom. The SMILES string of the molecule is N#Cc1ccc2c3ccccc3n(-c3ccc(C#N)c(-c4cc(-n5c6ccccc6c6ccccc65)cc(-n5c6ccccc6c6cc(-n7c8ccccc8c8ccccc87)ccc65)c4)c3)c2c1. The molecule has 14 aromatic rings. The lowest BCUT2D eigenvalue weighted by Crippen LogP contribution is -2.01. The van der Waals surface area contributed by atoms with Crippen molar-refractivity contribution in [3.05, 3.63) is 230 Å². The highest BCUT2D eigenvalue weighted by Gasteiger charge is 2.21. The van der Waals surface area contributed by atoms with Crippen molar-refractivity contribution in [2.45, 2.75) is 0 Å². The van der Waals surface area contributed by atoms with Gasteiger partial charge in [0.05, 0.1) is 67.4 Å². The van der Waals surface area contributed by atoms with E-state index in [0.717, 1.165) is 88.5 Å². The summed E-state index contributed by atoms with van der Waals surface area (Å²) in [6, 6.07) is 82.0. The third-order valence-electron chi connectivity index (χ3n) is 14.0. The van der Waals surface area contributed by atoms with Crippen molar-refractivity contribution in [1.29, 1.82) is 10.5 Å². The van der Waals surface area contributed by atoms with E-state index >= 15 is 0 Å². The molecule has 0 saturated carbocycles. The summed E-state index contributed by atoms with van der Waals surface area (Å²) in [5.74, 6) is 0. The summed E-state index contributed by atoms with van der Waals surface area (Å²) in [6.07, 6.45) is 0. The summed E-state index contributed by atoms with van der Waals surface area (Å²) in [5, 5.41) is 30.2. The van der Waals surface area contributed by atoms with Crippen LogP contribution in [0.3, 0.4) is 0 Å². The molecule has 0 amide bonds. The van der Waals surface area contributed by atoms with Crippen LogP contribution in [0.15, 0.2) is 218 Å². The van der Waals surface area contributed by atoms with Crippen LogP contribution in [0.5, 0.6) is 0 Å². The number of hydrogen-bond acceptors (Lipinski definition) is 2. The topological polar surface area (TPSA) is 67.3 Å². The summed E-state index contributed by atoms with van der Waals surface area (Å²) in [4.78, 5) is 0. The monoisotopic (exact) mass is 864 g/mol. The highest BCUT2D eigenvalue weighted by molar-refractivity contribution is 6.14. The van der Waals surface area contributed by atoms with Gasteiger partial charge < -0.3 is 18.3 Å². The van der Waals surface area contributed by atoms with Crippen LogP contribution in [0.2, 0.25) is 0 Å². The molecule has 0 aliphatic rings. The Labute approximate surface area is 389 Å². The maximum absolute atomic E-state index is 10.9. The third kappa shape index (κ3) is 5.37. The van der Waals surface area contributed by atoms with Crippen LogP contribution >= 0.6 is 0 Å². The Bertz CT molecular complexity index is 4430. The fourth-order valence-electron chi connectivity index (χ4n) is 11.1. The smallest absolute Gasteiger partial charge is 0.0998 e. The lowest BCUT2D eigenvalue weighted by Gasteiger charge is -2.17. The number of para-hydroxylation sites is 6. The van der Waals surface area contributed by atoms with Gasteiger partial charge in [0.25, 0.3) is 0 Å². The lowest BCUT2D eigenvalue weighted by molar-refractivity contribution is 1.13. The van der Waals surface area contributed by atoms with E-state index in [1.54, 1.807) is 0 Å². The molecule has 4 aromatic heterocycles. The standard InChI is InChI=1S/C62H36N6/c63-37-39-25-29-52-50-17-5-9-21-57(50)66(62(52)31-39)42-27-26-40(38-64)53(35-42)41-32-44(67-58-22-10-3-15-48(58)49-16-4-11-23-59(49)67)34-45(33-41)68-60-24-12-6-18-51(60)54-36-43(28-30-61(54)68)65-55-19-7-1-13-46(55)47-14-2-8-20-56(47)65/h1-36H. The van der Waals surface area contributed by atoms with Crippen LogP contribution in [0.25, 0.3) is 121 Å². The van der Waals surface area contributed by atoms with Crippen molar-refractivity contribution < 1.29 is 0 Å². The summed E-state index contributed by atoms with van der Waals surface area (Å²) in [6.45, 7) is 0. The van der Waals surface area contributed by atoms with E-state index in [4.69, 9.17) is 0 Å². The first-order valence-electron chi connectivity index (χ1n) is 22.8. The van der Waals surface area contributed by atoms with E-state index < -0.39 is 0 Å². The minimum absolute atomic E-state index is 0.565. The Morgan fingerprint density at radius 3 is 1.12 bits per heavy atom. The third-order valence-corrected chi connectivity index (χ3v) is 14.0. The van der Waals surface area contributed by atoms with Gasteiger partial charge in [-0.25, -0.2) is 0 Å². The second kappa shape index (κ2) is 14.4. The molecular formula is C62H36N6. The summed E-state index contributed by atoms with van der Waals surface area (Å²) in [5.41, 5.74) is 15.5. The minimum atomic E-state index is 0.565. The number of fused-ring (bicyclic) bond motifs is 12. The molecule has 68 heavy (non-hydrogen) atoms. The predicted octanol–water partition coefficient (Wildman–Crippen LogP) is 15.5. The van der Waals surface area contributed by atoms with Crippen LogP contribution in [-0.2, 0) is 0 Å². The maximum atomic E-state index is 10.9. The molecule has 0 bridgehead atoms. The minimum Gasteiger partial charge on any atom is -0.309 e. The molecule has 0 aliphatic heterocycles. The number of hydrogen-bond donors (Lipinski definition) is 0. The number of rotatable bonds is 5. The Morgan fingerprint density at radius 1 is 0.265 bits per heavy atom. The molecule has 6 heteroatoms. The second-order valence-electron chi connectivity index (χ2n) is 17.6. The first kappa shape index (κ1) is 37.7. The van der Waals surface area contributed by atoms with Crippen LogP contribution in [0.4, 0.5) is 0 Å². The molecule has 314 valence electrons. The van der Waals surface area contributed by atoms with Crippen molar-refractivity contribution in [2.75, 3.05) is 0 Å². The van der Waals surface area contributed by atoms with Gasteiger partial charge in [-0.15, -0.1) is 0 Å². The molecule has 6 nitrogen and oxygen atoms in total. The molecule has 0 fully saturated rings. The first-order valence-corrected chi connectivity index (χ1v) is 22.8. The summed E-state index contributed by atoms with van der Waals surface area (Å²) >= 11 is 0. The zero-order valence-electron chi connectivity index (χ0n) is 36.5. The van der Waals surface area contributed by atoms with Crippen molar-refractivity contribution in [2.24, 2.45) is 0 Å². The Kier molecular flexibility index (Phi) is 8.01. The van der Waals surface area contributed by atoms with Gasteiger partial charge in [-0.3, -0.25) is 0 Å². The van der Waals surface area contributed by atoms with Gasteiger partial charge in [0.15, 0.2) is 0 Å². The van der Waals surface area contributed by atoms with Gasteiger partial charge in [0.2, 0.25) is 0 Å². The molecule has 0 unspecified atom stereocenters. The van der Waals surface area contributed by atoms with Crippen LogP contribution in [0.1, 0.15) is 11.1 Å². The fourth-order valence-corrected chi connectivity index (χ4v) is 11.1. The lowest BCUT2D eigenvalue weighted by atomic mass is 9.98. The molecule has 0 spiro atoms. The molecule has 4 heterocycles. The van der Waals surface area contributed by atoms with E-state index in [2.05, 4.69) is 212 Å². The van der Waals surface area contributed by atoms with Gasteiger partial charge in [0.1, 0.15) is 0 Å². The molecular weight excluding hydrogens is 829 g/mol. The molecule has 14 rings (SSSR count). The van der Waals surface area contributed by atoms with Gasteiger partial charge in [-0.1, -0.05) is 115 Å². The van der Waals surface area contributed by atoms with Crippen molar-refractivity contribution in [3.63, 3.8) is 0 Å². The van der Waals surface area contributed by atoms with E-state index in [1.165, 1.54) is 32.6 Å². The average molecular weight is 865 g/mol. The zero-order valence-corrected chi connectivity index (χ0v) is 36.5. The number of aromatic nitrogens is 4. The Balaban J connectivity index is 1.06. The number of benzene rings is 10. The van der Waals surface area contributed by atoms with Gasteiger partial charge >= 0.3 is 0 Å². The molecule has 0 N–H and O–H groups in total. The highest BCUT2D eigenvalue weighted by atomic mass is 15.0. The van der Waals surface area contributed by atoms with E-state index in [9.17, 15) is 10.5 Å². The van der Waals surface area contributed by atoms with Crippen molar-refractivity contribution >= 4 is 87.2 Å². The largest absolute Gasteiger partial charge is 0.309 e. The Hall–Kier alpha value is -9.62. The van der Waals surface area contributed by atoms with Crippen LogP contribution in [-0.4, -0.2) is 18.3 Å². The normalized spacial score (nSPS) is 11.8. The van der Waals surface area contributed by atoms with Crippen LogP contribution < -0.4 is 0 Å². The van der Waals surface area contributed by atoms with E-state index in [0.29, 0.717) is 11.1 Å². The van der Waals surface area contributed by atoms with Crippen LogP contribution in [0, 0.1) is 22.7 Å². The molecule has 0 radical (unpaired) electrons. The quantitative estimate of drug-likeness (QED) is 0.173. The summed E-state index contributed by atoms with van der Waals surface area (Å²) in [7, 11) is 0. The first-order chi connectivity index (χ1) is 33.6. The molecule has 0 aliphatic carbocycles. The second-order valence-corrected chi connectivity index (χ2v) is 17.6.